The van der Waals surface area contributed by atoms with Crippen molar-refractivity contribution in [1.29, 1.82) is 0 Å². The zero-order valence-electron chi connectivity index (χ0n) is 19.0. The number of likely N-dealkylation sites (tertiary alicyclic amines) is 1. The molecule has 0 radical (unpaired) electrons. The highest BCUT2D eigenvalue weighted by atomic mass is 32.2. The van der Waals surface area contributed by atoms with Crippen molar-refractivity contribution < 1.29 is 4.79 Å². The van der Waals surface area contributed by atoms with Crippen molar-refractivity contribution in [3.63, 3.8) is 0 Å². The van der Waals surface area contributed by atoms with Crippen LogP contribution in [0.25, 0.3) is 21.7 Å². The minimum Gasteiger partial charge on any atom is -0.361 e. The second-order valence-electron chi connectivity index (χ2n) is 9.12. The molecule has 6 heteroatoms. The first kappa shape index (κ1) is 21.3. The van der Waals surface area contributed by atoms with E-state index in [4.69, 9.17) is 0 Å². The molecule has 1 fully saturated rings. The SMILES string of the molecule is O=C(NC1SC=CN1C1CCN(Cc2c[nH]c3ccccc23)CC1)c1ccc2ccccc2c1. The lowest BCUT2D eigenvalue weighted by Gasteiger charge is -2.39. The van der Waals surface area contributed by atoms with Gasteiger partial charge in [-0.1, -0.05) is 60.3 Å². The second kappa shape index (κ2) is 9.20. The number of H-pyrrole nitrogens is 1. The first-order valence-electron chi connectivity index (χ1n) is 11.9. The van der Waals surface area contributed by atoms with Gasteiger partial charge < -0.3 is 15.2 Å². The van der Waals surface area contributed by atoms with Crippen LogP contribution in [-0.4, -0.2) is 45.3 Å². The minimum absolute atomic E-state index is 0.0197. The number of hydrogen-bond donors (Lipinski definition) is 2. The minimum atomic E-state index is -0.0517. The van der Waals surface area contributed by atoms with Gasteiger partial charge in [0, 0.05) is 54.5 Å². The molecular formula is C28H28N4OS. The molecule has 1 aromatic heterocycles. The summed E-state index contributed by atoms with van der Waals surface area (Å²) in [6.45, 7) is 3.10. The maximum atomic E-state index is 13.0. The molecular weight excluding hydrogens is 440 g/mol. The van der Waals surface area contributed by atoms with Gasteiger partial charge in [0.15, 0.2) is 5.50 Å². The highest BCUT2D eigenvalue weighted by molar-refractivity contribution is 8.02. The maximum Gasteiger partial charge on any atom is 0.253 e. The Morgan fingerprint density at radius 1 is 1.00 bits per heavy atom. The van der Waals surface area contributed by atoms with Crippen LogP contribution >= 0.6 is 11.8 Å². The van der Waals surface area contributed by atoms with Gasteiger partial charge in [0.05, 0.1) is 0 Å². The zero-order chi connectivity index (χ0) is 22.9. The molecule has 34 heavy (non-hydrogen) atoms. The van der Waals surface area contributed by atoms with Gasteiger partial charge in [0.2, 0.25) is 0 Å². The van der Waals surface area contributed by atoms with Crippen molar-refractivity contribution in [2.24, 2.45) is 0 Å². The molecule has 1 amide bonds. The smallest absolute Gasteiger partial charge is 0.253 e. The molecule has 1 atom stereocenters. The Hall–Kier alpha value is -3.22. The number of carbonyl (C=O) groups excluding carboxylic acids is 1. The third-order valence-electron chi connectivity index (χ3n) is 7.03. The van der Waals surface area contributed by atoms with Gasteiger partial charge in [-0.15, -0.1) is 0 Å². The Balaban J connectivity index is 1.07. The molecule has 6 rings (SSSR count). The van der Waals surface area contributed by atoms with E-state index in [1.54, 1.807) is 11.8 Å². The number of aromatic amines is 1. The van der Waals surface area contributed by atoms with Crippen LogP contribution in [0.1, 0.15) is 28.8 Å². The molecule has 0 saturated carbocycles. The number of thioether (sulfide) groups is 1. The quantitative estimate of drug-likeness (QED) is 0.405. The average Bonchev–Trinajstić information content (AvgIpc) is 3.51. The Morgan fingerprint density at radius 2 is 1.79 bits per heavy atom. The molecule has 2 aliphatic heterocycles. The van der Waals surface area contributed by atoms with Gasteiger partial charge in [-0.3, -0.25) is 9.69 Å². The average molecular weight is 469 g/mol. The molecule has 1 saturated heterocycles. The lowest BCUT2D eigenvalue weighted by atomic mass is 10.0. The highest BCUT2D eigenvalue weighted by Gasteiger charge is 2.31. The van der Waals surface area contributed by atoms with E-state index in [-0.39, 0.29) is 11.4 Å². The maximum absolute atomic E-state index is 13.0. The molecule has 5 nitrogen and oxygen atoms in total. The van der Waals surface area contributed by atoms with Crippen molar-refractivity contribution in [3.8, 4) is 0 Å². The summed E-state index contributed by atoms with van der Waals surface area (Å²) < 4.78 is 0. The molecule has 0 bridgehead atoms. The van der Waals surface area contributed by atoms with E-state index < -0.39 is 0 Å². The summed E-state index contributed by atoms with van der Waals surface area (Å²) >= 11 is 1.67. The molecule has 3 heterocycles. The van der Waals surface area contributed by atoms with Crippen LogP contribution in [-0.2, 0) is 6.54 Å². The number of benzene rings is 3. The second-order valence-corrected chi connectivity index (χ2v) is 10.1. The van der Waals surface area contributed by atoms with Crippen LogP contribution in [0, 0.1) is 0 Å². The fourth-order valence-electron chi connectivity index (χ4n) is 5.15. The van der Waals surface area contributed by atoms with Crippen molar-refractivity contribution in [2.75, 3.05) is 13.1 Å². The van der Waals surface area contributed by atoms with Gasteiger partial charge in [0.25, 0.3) is 5.91 Å². The summed E-state index contributed by atoms with van der Waals surface area (Å²) in [6.07, 6.45) is 6.48. The van der Waals surface area contributed by atoms with Crippen LogP contribution < -0.4 is 5.32 Å². The van der Waals surface area contributed by atoms with E-state index in [0.717, 1.165) is 43.2 Å². The zero-order valence-corrected chi connectivity index (χ0v) is 19.8. The van der Waals surface area contributed by atoms with Gasteiger partial charge in [-0.05, 0) is 52.8 Å². The fraction of sp³-hybridized carbons (Fsp3) is 0.250. The lowest BCUT2D eigenvalue weighted by Crippen LogP contribution is -2.49. The third kappa shape index (κ3) is 4.19. The molecule has 2 N–H and O–H groups in total. The summed E-state index contributed by atoms with van der Waals surface area (Å²) in [7, 11) is 0. The molecule has 3 aromatic carbocycles. The van der Waals surface area contributed by atoms with Crippen LogP contribution in [0.2, 0.25) is 0 Å². The Morgan fingerprint density at radius 3 is 2.68 bits per heavy atom. The number of para-hydroxylation sites is 1. The van der Waals surface area contributed by atoms with Crippen LogP contribution in [0.3, 0.4) is 0 Å². The van der Waals surface area contributed by atoms with Crippen LogP contribution in [0.4, 0.5) is 0 Å². The van der Waals surface area contributed by atoms with Crippen molar-refractivity contribution in [2.45, 2.75) is 30.9 Å². The van der Waals surface area contributed by atoms with Gasteiger partial charge >= 0.3 is 0 Å². The number of hydrogen-bond acceptors (Lipinski definition) is 4. The standard InChI is InChI=1S/C28H28N4OS/c33-27(22-10-9-20-5-1-2-6-21(20)17-22)30-28-32(15-16-34-28)24-11-13-31(14-12-24)19-23-18-29-26-8-4-3-7-25(23)26/h1-10,15-18,24,28-29H,11-14,19H2,(H,30,33). The third-order valence-corrected chi connectivity index (χ3v) is 7.92. The molecule has 172 valence electrons. The van der Waals surface area contributed by atoms with E-state index in [9.17, 15) is 4.79 Å². The molecule has 2 aliphatic rings. The lowest BCUT2D eigenvalue weighted by molar-refractivity contribution is 0.0874. The largest absolute Gasteiger partial charge is 0.361 e. The van der Waals surface area contributed by atoms with E-state index >= 15 is 0 Å². The van der Waals surface area contributed by atoms with Crippen molar-refractivity contribution in [1.82, 2.24) is 20.1 Å². The Labute approximate surface area is 203 Å². The number of rotatable bonds is 5. The van der Waals surface area contributed by atoms with Crippen LogP contribution in [0.15, 0.2) is 84.5 Å². The number of nitrogens with one attached hydrogen (secondary N) is 2. The summed E-state index contributed by atoms with van der Waals surface area (Å²) in [6, 6.07) is 23.0. The number of fused-ring (bicyclic) bond motifs is 2. The van der Waals surface area contributed by atoms with E-state index in [1.807, 2.05) is 36.4 Å². The monoisotopic (exact) mass is 468 g/mol. The predicted molar refractivity (Wildman–Crippen MR) is 140 cm³/mol. The predicted octanol–water partition coefficient (Wildman–Crippen LogP) is 5.52. The number of piperidine rings is 1. The van der Waals surface area contributed by atoms with Gasteiger partial charge in [-0.25, -0.2) is 0 Å². The van der Waals surface area contributed by atoms with E-state index in [2.05, 4.69) is 68.2 Å². The molecule has 4 aromatic rings. The van der Waals surface area contributed by atoms with Gasteiger partial charge in [-0.2, -0.15) is 0 Å². The normalized spacial score (nSPS) is 19.3. The molecule has 0 aliphatic carbocycles. The number of nitrogens with zero attached hydrogens (tertiary/aromatic N) is 2. The topological polar surface area (TPSA) is 51.4 Å². The Kier molecular flexibility index (Phi) is 5.77. The first-order valence-corrected chi connectivity index (χ1v) is 12.9. The van der Waals surface area contributed by atoms with Gasteiger partial charge in [0.1, 0.15) is 0 Å². The number of aromatic nitrogens is 1. The first-order chi connectivity index (χ1) is 16.7. The molecule has 1 unspecified atom stereocenters. The highest BCUT2D eigenvalue weighted by Crippen LogP contribution is 2.30. The summed E-state index contributed by atoms with van der Waals surface area (Å²) in [5.74, 6) is -0.0197. The van der Waals surface area contributed by atoms with Crippen molar-refractivity contribution >= 4 is 39.3 Å². The summed E-state index contributed by atoms with van der Waals surface area (Å²) in [5.41, 5.74) is 3.23. The van der Waals surface area contributed by atoms with E-state index in [0.29, 0.717) is 11.6 Å². The van der Waals surface area contributed by atoms with Crippen molar-refractivity contribution in [3.05, 3.63) is 95.7 Å². The molecule has 0 spiro atoms. The fourth-order valence-corrected chi connectivity index (χ4v) is 6.07. The number of carbonyl (C=O) groups is 1. The van der Waals surface area contributed by atoms with Crippen LogP contribution in [0.5, 0.6) is 0 Å². The summed E-state index contributed by atoms with van der Waals surface area (Å²) in [4.78, 5) is 21.3. The Bertz CT molecular complexity index is 1350. The summed E-state index contributed by atoms with van der Waals surface area (Å²) in [5, 5.41) is 8.90. The number of amides is 1. The van der Waals surface area contributed by atoms with E-state index in [1.165, 1.54) is 16.5 Å².